The second-order valence-electron chi connectivity index (χ2n) is 7.60. The van der Waals surface area contributed by atoms with Crippen molar-refractivity contribution in [1.82, 2.24) is 15.2 Å². The maximum Gasteiger partial charge on any atom is 0.270 e. The fourth-order valence-corrected chi connectivity index (χ4v) is 4.88. The predicted octanol–water partition coefficient (Wildman–Crippen LogP) is 4.09. The summed E-state index contributed by atoms with van der Waals surface area (Å²) in [5.41, 5.74) is 2.15. The Morgan fingerprint density at radius 1 is 1.26 bits per heavy atom. The van der Waals surface area contributed by atoms with Crippen LogP contribution in [0.15, 0.2) is 29.2 Å². The molecule has 0 atom stereocenters. The lowest BCUT2D eigenvalue weighted by atomic mass is 9.95. The van der Waals surface area contributed by atoms with E-state index in [1.54, 1.807) is 11.3 Å². The number of nitrogens with one attached hydrogen (secondary N) is 2. The van der Waals surface area contributed by atoms with Crippen LogP contribution in [0.3, 0.4) is 0 Å². The van der Waals surface area contributed by atoms with E-state index in [1.165, 1.54) is 31.3 Å². The zero-order valence-electron chi connectivity index (χ0n) is 15.6. The Bertz CT molecular complexity index is 814. The molecule has 0 spiro atoms. The first-order valence-electron chi connectivity index (χ1n) is 10.0. The number of aromatic amines is 1. The summed E-state index contributed by atoms with van der Waals surface area (Å²) in [6, 6.07) is 3.94. The van der Waals surface area contributed by atoms with Crippen LogP contribution >= 0.6 is 11.3 Å². The van der Waals surface area contributed by atoms with Crippen molar-refractivity contribution in [2.45, 2.75) is 44.9 Å². The van der Waals surface area contributed by atoms with Crippen LogP contribution in [0.25, 0.3) is 10.2 Å². The highest BCUT2D eigenvalue weighted by molar-refractivity contribution is 7.16. The van der Waals surface area contributed by atoms with Crippen LogP contribution in [-0.2, 0) is 4.79 Å². The third-order valence-electron chi connectivity index (χ3n) is 5.76. The van der Waals surface area contributed by atoms with Crippen LogP contribution in [0.2, 0.25) is 0 Å². The molecular formula is C21H27N3O2S. The number of carbonyl (C=O) groups is 2. The van der Waals surface area contributed by atoms with E-state index in [9.17, 15) is 9.59 Å². The molecule has 0 bridgehead atoms. The van der Waals surface area contributed by atoms with Crippen molar-refractivity contribution in [3.05, 3.63) is 34.9 Å². The first kappa shape index (κ1) is 18.3. The van der Waals surface area contributed by atoms with Crippen LogP contribution in [0.1, 0.15) is 55.4 Å². The van der Waals surface area contributed by atoms with Gasteiger partial charge < -0.3 is 15.2 Å². The molecule has 2 aromatic rings. The molecule has 6 heteroatoms. The SMILES string of the molecule is O=C(NCCC1=CCCCC1)C1CCN(C(=O)c2cc3ccsc3[nH]2)CC1. The highest BCUT2D eigenvalue weighted by Crippen LogP contribution is 2.24. The van der Waals surface area contributed by atoms with Gasteiger partial charge in [0, 0.05) is 30.9 Å². The van der Waals surface area contributed by atoms with Gasteiger partial charge >= 0.3 is 0 Å². The van der Waals surface area contributed by atoms with E-state index in [0.717, 1.165) is 36.0 Å². The third kappa shape index (κ3) is 4.26. The fraction of sp³-hybridized carbons (Fsp3) is 0.524. The van der Waals surface area contributed by atoms with Crippen molar-refractivity contribution >= 4 is 33.4 Å². The summed E-state index contributed by atoms with van der Waals surface area (Å²) >= 11 is 1.61. The lowest BCUT2D eigenvalue weighted by Gasteiger charge is -2.31. The van der Waals surface area contributed by atoms with Gasteiger partial charge in [-0.25, -0.2) is 0 Å². The third-order valence-corrected chi connectivity index (χ3v) is 6.60. The lowest BCUT2D eigenvalue weighted by Crippen LogP contribution is -2.43. The number of rotatable bonds is 5. The Balaban J connectivity index is 1.23. The number of likely N-dealkylation sites (tertiary alicyclic amines) is 1. The summed E-state index contributed by atoms with van der Waals surface area (Å²) in [4.78, 5) is 31.2. The standard InChI is InChI=1S/C21H27N3O2S/c25-19(22-10-6-15-4-2-1-3-5-15)16-7-11-24(12-8-16)21(26)18-14-17-9-13-27-20(17)23-18/h4,9,13-14,16,23H,1-3,5-8,10-12H2,(H,22,25). The molecule has 0 unspecified atom stereocenters. The highest BCUT2D eigenvalue weighted by Gasteiger charge is 2.28. The Hall–Kier alpha value is -2.08. The average molecular weight is 386 g/mol. The van der Waals surface area contributed by atoms with Gasteiger partial charge in [0.25, 0.3) is 5.91 Å². The van der Waals surface area contributed by atoms with Gasteiger partial charge in [-0.05, 0) is 62.5 Å². The highest BCUT2D eigenvalue weighted by atomic mass is 32.1. The summed E-state index contributed by atoms with van der Waals surface area (Å²) in [5, 5.41) is 6.21. The molecule has 27 heavy (non-hydrogen) atoms. The van der Waals surface area contributed by atoms with Gasteiger partial charge in [0.15, 0.2) is 0 Å². The minimum absolute atomic E-state index is 0.0292. The number of thiophene rings is 1. The lowest BCUT2D eigenvalue weighted by molar-refractivity contribution is -0.126. The molecule has 1 fully saturated rings. The van der Waals surface area contributed by atoms with Crippen molar-refractivity contribution in [3.63, 3.8) is 0 Å². The Morgan fingerprint density at radius 2 is 2.11 bits per heavy atom. The molecule has 2 amide bonds. The number of allylic oxidation sites excluding steroid dienone is 1. The quantitative estimate of drug-likeness (QED) is 0.762. The van der Waals surface area contributed by atoms with Gasteiger partial charge in [0.1, 0.15) is 10.5 Å². The number of hydrogen-bond donors (Lipinski definition) is 2. The molecule has 0 saturated carbocycles. The topological polar surface area (TPSA) is 65.2 Å². The zero-order valence-corrected chi connectivity index (χ0v) is 16.4. The van der Waals surface area contributed by atoms with Gasteiger partial charge in [-0.15, -0.1) is 11.3 Å². The van der Waals surface area contributed by atoms with Crippen LogP contribution in [0.5, 0.6) is 0 Å². The maximum absolute atomic E-state index is 12.7. The smallest absolute Gasteiger partial charge is 0.270 e. The molecule has 0 aromatic carbocycles. The molecule has 2 aliphatic rings. The summed E-state index contributed by atoms with van der Waals surface area (Å²) in [6.07, 6.45) is 9.77. The average Bonchev–Trinajstić information content (AvgIpc) is 3.30. The monoisotopic (exact) mass is 385 g/mol. The Morgan fingerprint density at radius 3 is 2.85 bits per heavy atom. The molecule has 4 rings (SSSR count). The van der Waals surface area contributed by atoms with Crippen molar-refractivity contribution in [2.24, 2.45) is 5.92 Å². The molecule has 2 aromatic heterocycles. The van der Waals surface area contributed by atoms with E-state index in [2.05, 4.69) is 16.4 Å². The summed E-state index contributed by atoms with van der Waals surface area (Å²) in [5.74, 6) is 0.224. The minimum Gasteiger partial charge on any atom is -0.356 e. The molecule has 1 aliphatic carbocycles. The molecule has 0 radical (unpaired) electrons. The van der Waals surface area contributed by atoms with Gasteiger partial charge in [-0.3, -0.25) is 9.59 Å². The number of fused-ring (bicyclic) bond motifs is 1. The van der Waals surface area contributed by atoms with Crippen LogP contribution in [0, 0.1) is 5.92 Å². The van der Waals surface area contributed by atoms with Gasteiger partial charge in [0.2, 0.25) is 5.91 Å². The number of nitrogens with zero attached hydrogens (tertiary/aromatic N) is 1. The Labute approximate surface area is 163 Å². The fourth-order valence-electron chi connectivity index (χ4n) is 4.10. The minimum atomic E-state index is 0.0292. The summed E-state index contributed by atoms with van der Waals surface area (Å²) in [6.45, 7) is 2.03. The zero-order chi connectivity index (χ0) is 18.6. The van der Waals surface area contributed by atoms with E-state index < -0.39 is 0 Å². The van der Waals surface area contributed by atoms with E-state index in [4.69, 9.17) is 0 Å². The van der Waals surface area contributed by atoms with Crippen molar-refractivity contribution < 1.29 is 9.59 Å². The van der Waals surface area contributed by atoms with E-state index in [1.807, 2.05) is 22.4 Å². The van der Waals surface area contributed by atoms with Crippen LogP contribution in [0.4, 0.5) is 0 Å². The van der Waals surface area contributed by atoms with Crippen molar-refractivity contribution in [1.29, 1.82) is 0 Å². The molecule has 1 aliphatic heterocycles. The number of hydrogen-bond acceptors (Lipinski definition) is 3. The second-order valence-corrected chi connectivity index (χ2v) is 8.52. The normalized spacial score (nSPS) is 18.5. The Kier molecular flexibility index (Phi) is 5.62. The number of piperidine rings is 1. The van der Waals surface area contributed by atoms with Gasteiger partial charge in [0.05, 0.1) is 0 Å². The largest absolute Gasteiger partial charge is 0.356 e. The predicted molar refractivity (Wildman–Crippen MR) is 109 cm³/mol. The number of carbonyl (C=O) groups excluding carboxylic acids is 2. The maximum atomic E-state index is 12.7. The summed E-state index contributed by atoms with van der Waals surface area (Å²) < 4.78 is 0. The number of aromatic nitrogens is 1. The summed E-state index contributed by atoms with van der Waals surface area (Å²) in [7, 11) is 0. The van der Waals surface area contributed by atoms with Crippen LogP contribution < -0.4 is 5.32 Å². The van der Waals surface area contributed by atoms with Gasteiger partial charge in [-0.2, -0.15) is 0 Å². The molecule has 5 nitrogen and oxygen atoms in total. The molecule has 3 heterocycles. The molecule has 2 N–H and O–H groups in total. The first-order chi connectivity index (χ1) is 13.2. The molecule has 144 valence electrons. The molecule has 1 saturated heterocycles. The van der Waals surface area contributed by atoms with Crippen LogP contribution in [-0.4, -0.2) is 41.3 Å². The number of amides is 2. The van der Waals surface area contributed by atoms with Gasteiger partial charge in [-0.1, -0.05) is 11.6 Å². The second kappa shape index (κ2) is 8.30. The van der Waals surface area contributed by atoms with Crippen molar-refractivity contribution in [3.8, 4) is 0 Å². The first-order valence-corrected chi connectivity index (χ1v) is 10.9. The van der Waals surface area contributed by atoms with E-state index >= 15 is 0 Å². The molecular weight excluding hydrogens is 358 g/mol. The number of H-pyrrole nitrogens is 1. The van der Waals surface area contributed by atoms with Crippen molar-refractivity contribution in [2.75, 3.05) is 19.6 Å². The van der Waals surface area contributed by atoms with E-state index in [0.29, 0.717) is 18.8 Å². The van der Waals surface area contributed by atoms with E-state index in [-0.39, 0.29) is 17.7 Å².